The van der Waals surface area contributed by atoms with Crippen molar-refractivity contribution >= 4 is 43.5 Å². The average molecular weight is 357 g/mol. The fourth-order valence-corrected chi connectivity index (χ4v) is 2.95. The molecule has 0 spiro atoms. The van der Waals surface area contributed by atoms with Crippen LogP contribution in [0.25, 0.3) is 0 Å². The van der Waals surface area contributed by atoms with Crippen LogP contribution in [-0.4, -0.2) is 24.1 Å². The summed E-state index contributed by atoms with van der Waals surface area (Å²) in [6, 6.07) is 0. The Kier molecular flexibility index (Phi) is 4.47. The largest absolute Gasteiger partial charge is 0.506 e. The third kappa shape index (κ3) is 2.67. The van der Waals surface area contributed by atoms with E-state index in [0.717, 1.165) is 11.1 Å². The molecule has 1 aromatic carbocycles. The van der Waals surface area contributed by atoms with Gasteiger partial charge in [-0.25, -0.2) is 0 Å². The van der Waals surface area contributed by atoms with Gasteiger partial charge in [-0.3, -0.25) is 0 Å². The first-order chi connectivity index (χ1) is 6.86. The fraction of sp³-hybridized carbons (Fsp3) is 0.400. The zero-order valence-corrected chi connectivity index (χ0v) is 12.7. The summed E-state index contributed by atoms with van der Waals surface area (Å²) < 4.78 is 1.29. The number of phenolic OH excluding ortho intramolecular Hbond substituents is 1. The molecule has 0 atom stereocenters. The molecule has 84 valence electrons. The molecule has 1 rings (SSSR count). The quantitative estimate of drug-likeness (QED) is 0.867. The fourth-order valence-electron chi connectivity index (χ4n) is 1.29. The van der Waals surface area contributed by atoms with Crippen LogP contribution in [0, 0.1) is 6.92 Å². The number of aromatic hydroxyl groups is 1. The molecule has 15 heavy (non-hydrogen) atoms. The van der Waals surface area contributed by atoms with Gasteiger partial charge in [-0.05, 0) is 58.4 Å². The molecule has 5 heteroatoms. The van der Waals surface area contributed by atoms with Crippen LogP contribution >= 0.6 is 43.5 Å². The van der Waals surface area contributed by atoms with Crippen LogP contribution in [0.2, 0.25) is 5.02 Å². The molecule has 1 N–H and O–H groups in total. The molecular weight excluding hydrogens is 345 g/mol. The number of benzene rings is 1. The number of nitrogens with zero attached hydrogens (tertiary/aromatic N) is 1. The molecule has 0 aliphatic heterocycles. The molecule has 0 amide bonds. The van der Waals surface area contributed by atoms with E-state index in [9.17, 15) is 5.11 Å². The highest BCUT2D eigenvalue weighted by molar-refractivity contribution is 9.11. The molecule has 2 nitrogen and oxygen atoms in total. The summed E-state index contributed by atoms with van der Waals surface area (Å²) in [7, 11) is 3.91. The molecule has 0 unspecified atom stereocenters. The third-order valence-corrected chi connectivity index (χ3v) is 4.41. The van der Waals surface area contributed by atoms with E-state index in [1.807, 2.05) is 25.9 Å². The molecule has 0 saturated carbocycles. The summed E-state index contributed by atoms with van der Waals surface area (Å²) in [4.78, 5) is 2.00. The van der Waals surface area contributed by atoms with Crippen molar-refractivity contribution in [3.8, 4) is 5.75 Å². The molecule has 0 aliphatic rings. The van der Waals surface area contributed by atoms with Crippen molar-refractivity contribution in [1.29, 1.82) is 0 Å². The van der Waals surface area contributed by atoms with Gasteiger partial charge in [0, 0.05) is 12.1 Å². The van der Waals surface area contributed by atoms with Crippen molar-refractivity contribution in [3.63, 3.8) is 0 Å². The maximum atomic E-state index is 9.83. The van der Waals surface area contributed by atoms with E-state index in [1.54, 1.807) is 0 Å². The summed E-state index contributed by atoms with van der Waals surface area (Å²) in [5, 5.41) is 10.5. The van der Waals surface area contributed by atoms with Crippen molar-refractivity contribution in [1.82, 2.24) is 4.90 Å². The van der Waals surface area contributed by atoms with Crippen LogP contribution in [0.3, 0.4) is 0 Å². The van der Waals surface area contributed by atoms with E-state index < -0.39 is 0 Å². The van der Waals surface area contributed by atoms with Crippen LogP contribution in [0.15, 0.2) is 8.95 Å². The second-order valence-corrected chi connectivity index (χ2v) is 5.60. The predicted octanol–water partition coefficient (Wildman–Crippen LogP) is 3.94. The van der Waals surface area contributed by atoms with E-state index in [4.69, 9.17) is 11.6 Å². The van der Waals surface area contributed by atoms with Gasteiger partial charge in [0.05, 0.1) is 14.0 Å². The number of rotatable bonds is 2. The first-order valence-electron chi connectivity index (χ1n) is 4.35. The van der Waals surface area contributed by atoms with E-state index in [1.165, 1.54) is 0 Å². The van der Waals surface area contributed by atoms with Crippen LogP contribution in [0.5, 0.6) is 5.75 Å². The third-order valence-electron chi connectivity index (χ3n) is 2.08. The van der Waals surface area contributed by atoms with E-state index in [2.05, 4.69) is 31.9 Å². The van der Waals surface area contributed by atoms with Gasteiger partial charge in [0.2, 0.25) is 0 Å². The minimum absolute atomic E-state index is 0.203. The topological polar surface area (TPSA) is 23.5 Å². The average Bonchev–Trinajstić information content (AvgIpc) is 2.18. The van der Waals surface area contributed by atoms with Gasteiger partial charge in [-0.2, -0.15) is 0 Å². The minimum Gasteiger partial charge on any atom is -0.506 e. The van der Waals surface area contributed by atoms with Gasteiger partial charge < -0.3 is 10.0 Å². The van der Waals surface area contributed by atoms with Gasteiger partial charge in [-0.1, -0.05) is 11.6 Å². The molecule has 0 saturated heterocycles. The summed E-state index contributed by atoms with van der Waals surface area (Å²) in [5.41, 5.74) is 1.76. The van der Waals surface area contributed by atoms with Crippen molar-refractivity contribution in [3.05, 3.63) is 25.1 Å². The zero-order chi connectivity index (χ0) is 11.7. The number of hydrogen-bond acceptors (Lipinski definition) is 2. The lowest BCUT2D eigenvalue weighted by Gasteiger charge is -2.17. The maximum absolute atomic E-state index is 9.83. The molecule has 1 aromatic rings. The first kappa shape index (κ1) is 13.3. The Morgan fingerprint density at radius 3 is 2.27 bits per heavy atom. The summed E-state index contributed by atoms with van der Waals surface area (Å²) in [5.74, 6) is 0.203. The Hall–Kier alpha value is 0.230. The normalized spacial score (nSPS) is 11.1. The Labute approximate surface area is 111 Å². The van der Waals surface area contributed by atoms with Crippen LogP contribution < -0.4 is 0 Å². The molecular formula is C10H12Br2ClNO. The molecule has 0 aromatic heterocycles. The van der Waals surface area contributed by atoms with Crippen LogP contribution in [0.1, 0.15) is 11.1 Å². The van der Waals surface area contributed by atoms with Gasteiger partial charge in [0.25, 0.3) is 0 Å². The Morgan fingerprint density at radius 2 is 1.80 bits per heavy atom. The lowest BCUT2D eigenvalue weighted by molar-refractivity contribution is 0.398. The minimum atomic E-state index is 0.203. The molecule has 0 heterocycles. The lowest BCUT2D eigenvalue weighted by Crippen LogP contribution is -2.12. The molecule has 0 aliphatic carbocycles. The Bertz CT molecular complexity index is 364. The Morgan fingerprint density at radius 1 is 1.27 bits per heavy atom. The molecule has 0 bridgehead atoms. The smallest absolute Gasteiger partial charge is 0.144 e. The van der Waals surface area contributed by atoms with Crippen molar-refractivity contribution in [2.75, 3.05) is 14.1 Å². The van der Waals surface area contributed by atoms with Crippen molar-refractivity contribution in [2.45, 2.75) is 13.5 Å². The number of halogens is 3. The number of hydrogen-bond donors (Lipinski definition) is 1. The maximum Gasteiger partial charge on any atom is 0.144 e. The van der Waals surface area contributed by atoms with Crippen LogP contribution in [0.4, 0.5) is 0 Å². The van der Waals surface area contributed by atoms with Gasteiger partial charge in [0.1, 0.15) is 5.75 Å². The second-order valence-electron chi connectivity index (χ2n) is 3.63. The Balaban J connectivity index is 3.39. The van der Waals surface area contributed by atoms with Crippen molar-refractivity contribution in [2.24, 2.45) is 0 Å². The second kappa shape index (κ2) is 5.04. The standard InChI is InChI=1S/C10H12Br2ClNO/c1-5-7(11)10(15)8(12)6(9(5)13)4-14(2)3/h15H,4H2,1-3H3. The highest BCUT2D eigenvalue weighted by Crippen LogP contribution is 2.42. The van der Waals surface area contributed by atoms with Crippen LogP contribution in [-0.2, 0) is 6.54 Å². The zero-order valence-electron chi connectivity index (χ0n) is 8.74. The van der Waals surface area contributed by atoms with E-state index in [0.29, 0.717) is 20.5 Å². The highest BCUT2D eigenvalue weighted by Gasteiger charge is 2.17. The van der Waals surface area contributed by atoms with E-state index in [-0.39, 0.29) is 5.75 Å². The summed E-state index contributed by atoms with van der Waals surface area (Å²) >= 11 is 12.9. The summed E-state index contributed by atoms with van der Waals surface area (Å²) in [6.07, 6.45) is 0. The molecule has 0 radical (unpaired) electrons. The lowest BCUT2D eigenvalue weighted by atomic mass is 10.1. The van der Waals surface area contributed by atoms with Gasteiger partial charge >= 0.3 is 0 Å². The van der Waals surface area contributed by atoms with E-state index >= 15 is 0 Å². The summed E-state index contributed by atoms with van der Waals surface area (Å²) in [6.45, 7) is 2.55. The SMILES string of the molecule is Cc1c(Cl)c(CN(C)C)c(Br)c(O)c1Br. The monoisotopic (exact) mass is 355 g/mol. The van der Waals surface area contributed by atoms with Gasteiger partial charge in [0.15, 0.2) is 0 Å². The highest BCUT2D eigenvalue weighted by atomic mass is 79.9. The first-order valence-corrected chi connectivity index (χ1v) is 6.32. The van der Waals surface area contributed by atoms with Crippen molar-refractivity contribution < 1.29 is 5.11 Å². The molecule has 0 fully saturated rings. The van der Waals surface area contributed by atoms with Gasteiger partial charge in [-0.15, -0.1) is 0 Å². The number of phenols is 1. The predicted molar refractivity (Wildman–Crippen MR) is 70.6 cm³/mol.